The Morgan fingerprint density at radius 2 is 2.44 bits per heavy atom. The lowest BCUT2D eigenvalue weighted by molar-refractivity contribution is -0.117. The van der Waals surface area contributed by atoms with E-state index in [0.717, 1.165) is 17.0 Å². The lowest BCUT2D eigenvalue weighted by Crippen LogP contribution is -2.36. The van der Waals surface area contributed by atoms with Gasteiger partial charge in [-0.15, -0.1) is 0 Å². The Bertz CT molecular complexity index is 357. The molecule has 1 rings (SSSR count). The van der Waals surface area contributed by atoms with E-state index in [0.29, 0.717) is 6.42 Å². The van der Waals surface area contributed by atoms with Gasteiger partial charge in [0.05, 0.1) is 6.04 Å². The molecule has 1 aromatic rings. The minimum Gasteiger partial charge on any atom is -0.324 e. The normalized spacial score (nSPS) is 12.2. The molecule has 1 atom stereocenters. The Kier molecular flexibility index (Phi) is 5.28. The summed E-state index contributed by atoms with van der Waals surface area (Å²) in [5, 5.41) is 2.81. The monoisotopic (exact) mass is 239 g/mol. The number of hydrogen-bond donors (Lipinski definition) is 2. The summed E-state index contributed by atoms with van der Waals surface area (Å²) < 4.78 is 0. The molecule has 0 fully saturated rings. The van der Waals surface area contributed by atoms with E-state index in [4.69, 9.17) is 5.73 Å². The minimum absolute atomic E-state index is 0.136. The fourth-order valence-electron chi connectivity index (χ4n) is 1.21. The van der Waals surface area contributed by atoms with E-state index in [1.807, 2.05) is 13.2 Å². The van der Waals surface area contributed by atoms with Crippen molar-refractivity contribution in [1.29, 1.82) is 0 Å². The van der Waals surface area contributed by atoms with Crippen molar-refractivity contribution in [3.05, 3.63) is 24.0 Å². The first-order valence-corrected chi connectivity index (χ1v) is 6.50. The molecule has 3 N–H and O–H groups in total. The van der Waals surface area contributed by atoms with Crippen molar-refractivity contribution in [2.45, 2.75) is 19.4 Å². The molecule has 0 bridgehead atoms. The lowest BCUT2D eigenvalue weighted by atomic mass is 10.2. The van der Waals surface area contributed by atoms with Gasteiger partial charge in [0.1, 0.15) is 0 Å². The Hall–Kier alpha value is -1.07. The molecule has 0 aliphatic heterocycles. The van der Waals surface area contributed by atoms with Gasteiger partial charge in [-0.25, -0.2) is 0 Å². The van der Waals surface area contributed by atoms with Gasteiger partial charge in [0.25, 0.3) is 0 Å². The highest BCUT2D eigenvalue weighted by molar-refractivity contribution is 7.98. The molecule has 0 radical (unpaired) electrons. The molecular formula is C11H17N3OS. The molecule has 0 saturated carbocycles. The molecule has 16 heavy (non-hydrogen) atoms. The number of hydrogen-bond acceptors (Lipinski definition) is 4. The van der Waals surface area contributed by atoms with Gasteiger partial charge < -0.3 is 11.1 Å². The van der Waals surface area contributed by atoms with Gasteiger partial charge >= 0.3 is 0 Å². The number of nitrogens with one attached hydrogen (secondary N) is 1. The number of carbonyl (C=O) groups is 1. The van der Waals surface area contributed by atoms with Gasteiger partial charge in [-0.1, -0.05) is 0 Å². The Morgan fingerprint density at radius 1 is 1.69 bits per heavy atom. The van der Waals surface area contributed by atoms with Gasteiger partial charge in [0.2, 0.25) is 5.91 Å². The van der Waals surface area contributed by atoms with Crippen LogP contribution in [0.25, 0.3) is 0 Å². The number of amides is 1. The van der Waals surface area contributed by atoms with Gasteiger partial charge in [0.15, 0.2) is 0 Å². The molecule has 0 aromatic carbocycles. The number of aryl methyl sites for hydroxylation is 1. The van der Waals surface area contributed by atoms with E-state index in [2.05, 4.69) is 10.3 Å². The molecule has 0 saturated heterocycles. The molecule has 0 spiro atoms. The summed E-state index contributed by atoms with van der Waals surface area (Å²) in [6.07, 6.45) is 6.05. The second-order valence-electron chi connectivity index (χ2n) is 3.57. The fourth-order valence-corrected chi connectivity index (χ4v) is 1.70. The van der Waals surface area contributed by atoms with E-state index in [9.17, 15) is 4.79 Å². The van der Waals surface area contributed by atoms with E-state index in [1.165, 1.54) is 0 Å². The van der Waals surface area contributed by atoms with Crippen molar-refractivity contribution in [2.24, 2.45) is 5.73 Å². The summed E-state index contributed by atoms with van der Waals surface area (Å²) in [5.41, 5.74) is 7.48. The molecule has 1 heterocycles. The maximum absolute atomic E-state index is 11.7. The summed E-state index contributed by atoms with van der Waals surface area (Å²) in [4.78, 5) is 15.7. The smallest absolute Gasteiger partial charge is 0.241 e. The number of pyridine rings is 1. The second-order valence-corrected chi connectivity index (χ2v) is 4.55. The summed E-state index contributed by atoms with van der Waals surface area (Å²) in [6.45, 7) is 1.90. The van der Waals surface area contributed by atoms with Crippen molar-refractivity contribution in [2.75, 3.05) is 17.3 Å². The summed E-state index contributed by atoms with van der Waals surface area (Å²) >= 11 is 1.69. The average Bonchev–Trinajstić information content (AvgIpc) is 2.28. The minimum atomic E-state index is -0.444. The van der Waals surface area contributed by atoms with Crippen molar-refractivity contribution in [1.82, 2.24) is 4.98 Å². The fraction of sp³-hybridized carbons (Fsp3) is 0.455. The van der Waals surface area contributed by atoms with Crippen molar-refractivity contribution in [3.8, 4) is 0 Å². The highest BCUT2D eigenvalue weighted by Crippen LogP contribution is 2.12. The number of thioether (sulfide) groups is 1. The van der Waals surface area contributed by atoms with Crippen LogP contribution in [-0.2, 0) is 4.79 Å². The third kappa shape index (κ3) is 3.83. The van der Waals surface area contributed by atoms with Crippen molar-refractivity contribution >= 4 is 23.4 Å². The third-order valence-corrected chi connectivity index (χ3v) is 2.89. The van der Waals surface area contributed by atoms with Crippen LogP contribution in [0.1, 0.15) is 12.0 Å². The zero-order valence-corrected chi connectivity index (χ0v) is 10.4. The average molecular weight is 239 g/mol. The van der Waals surface area contributed by atoms with E-state index >= 15 is 0 Å². The van der Waals surface area contributed by atoms with Crippen LogP contribution in [0.15, 0.2) is 18.5 Å². The summed E-state index contributed by atoms with van der Waals surface area (Å²) in [7, 11) is 0. The standard InChI is InChI=1S/C11H17N3OS/c1-8-7-13-5-3-10(8)14-11(15)9(12)4-6-16-2/h3,5,7,9H,4,6,12H2,1-2H3,(H,13,14,15)/t9-/m0/s1. The quantitative estimate of drug-likeness (QED) is 0.815. The topological polar surface area (TPSA) is 68.0 Å². The summed E-state index contributed by atoms with van der Waals surface area (Å²) in [5.74, 6) is 0.757. The number of anilines is 1. The summed E-state index contributed by atoms with van der Waals surface area (Å²) in [6, 6.07) is 1.33. The Labute approximate surface area is 100 Å². The van der Waals surface area contributed by atoms with Gasteiger partial charge in [-0.3, -0.25) is 9.78 Å². The molecule has 88 valence electrons. The highest BCUT2D eigenvalue weighted by Gasteiger charge is 2.13. The zero-order chi connectivity index (χ0) is 12.0. The van der Waals surface area contributed by atoms with Crippen LogP contribution >= 0.6 is 11.8 Å². The Morgan fingerprint density at radius 3 is 3.06 bits per heavy atom. The molecule has 0 aliphatic carbocycles. The van der Waals surface area contributed by atoms with Crippen LogP contribution in [0.2, 0.25) is 0 Å². The SMILES string of the molecule is CSCC[C@H](N)C(=O)Nc1ccncc1C. The molecule has 0 unspecified atom stereocenters. The van der Waals surface area contributed by atoms with Crippen LogP contribution in [0.3, 0.4) is 0 Å². The van der Waals surface area contributed by atoms with E-state index < -0.39 is 6.04 Å². The second kappa shape index (κ2) is 6.50. The number of rotatable bonds is 5. The van der Waals surface area contributed by atoms with Gasteiger partial charge in [0, 0.05) is 18.1 Å². The molecule has 1 aromatic heterocycles. The number of nitrogens with zero attached hydrogens (tertiary/aromatic N) is 1. The van der Waals surface area contributed by atoms with Crippen LogP contribution in [0, 0.1) is 6.92 Å². The molecule has 5 heteroatoms. The third-order valence-electron chi connectivity index (χ3n) is 2.25. The molecule has 1 amide bonds. The zero-order valence-electron chi connectivity index (χ0n) is 9.56. The van der Waals surface area contributed by atoms with Crippen LogP contribution < -0.4 is 11.1 Å². The van der Waals surface area contributed by atoms with E-state index in [-0.39, 0.29) is 5.91 Å². The van der Waals surface area contributed by atoms with Crippen LogP contribution in [-0.4, -0.2) is 28.9 Å². The first-order valence-electron chi connectivity index (χ1n) is 5.11. The van der Waals surface area contributed by atoms with Crippen LogP contribution in [0.4, 0.5) is 5.69 Å². The number of aromatic nitrogens is 1. The molecule has 0 aliphatic rings. The lowest BCUT2D eigenvalue weighted by Gasteiger charge is -2.12. The first kappa shape index (κ1) is 13.0. The maximum Gasteiger partial charge on any atom is 0.241 e. The van der Waals surface area contributed by atoms with E-state index in [1.54, 1.807) is 30.2 Å². The van der Waals surface area contributed by atoms with Gasteiger partial charge in [-0.05, 0) is 37.0 Å². The predicted molar refractivity (Wildman–Crippen MR) is 68.6 cm³/mol. The molecular weight excluding hydrogens is 222 g/mol. The highest BCUT2D eigenvalue weighted by atomic mass is 32.2. The first-order chi connectivity index (χ1) is 7.65. The van der Waals surface area contributed by atoms with Crippen molar-refractivity contribution < 1.29 is 4.79 Å². The van der Waals surface area contributed by atoms with Crippen molar-refractivity contribution in [3.63, 3.8) is 0 Å². The number of carbonyl (C=O) groups excluding carboxylic acids is 1. The Balaban J connectivity index is 2.54. The predicted octanol–water partition coefficient (Wildman–Crippen LogP) is 1.41. The molecule has 4 nitrogen and oxygen atoms in total. The van der Waals surface area contributed by atoms with Crippen LogP contribution in [0.5, 0.6) is 0 Å². The maximum atomic E-state index is 11.7. The van der Waals surface area contributed by atoms with Gasteiger partial charge in [-0.2, -0.15) is 11.8 Å². The number of nitrogens with two attached hydrogens (primary N) is 1. The largest absolute Gasteiger partial charge is 0.324 e.